The second-order valence-electron chi connectivity index (χ2n) is 4.84. The van der Waals surface area contributed by atoms with Crippen molar-refractivity contribution in [3.05, 3.63) is 35.6 Å². The van der Waals surface area contributed by atoms with Crippen LogP contribution in [0.3, 0.4) is 0 Å². The Hall–Kier alpha value is -0.890. The molecule has 0 amide bonds. The molecule has 1 aliphatic rings. The number of rotatable bonds is 3. The van der Waals surface area contributed by atoms with Crippen LogP contribution in [0.5, 0.6) is 0 Å². The highest BCUT2D eigenvalue weighted by molar-refractivity contribution is 5.16. The van der Waals surface area contributed by atoms with Gasteiger partial charge in [0.05, 0.1) is 0 Å². The first-order valence-corrected chi connectivity index (χ1v) is 6.20. The maximum absolute atomic E-state index is 13.0. The Kier molecular flexibility index (Phi) is 3.94. The molecule has 1 nitrogen and oxygen atoms in total. The Morgan fingerprint density at radius 2 is 2.00 bits per heavy atom. The molecule has 88 valence electrons. The molecule has 16 heavy (non-hydrogen) atoms. The highest BCUT2D eigenvalue weighted by atomic mass is 19.1. The van der Waals surface area contributed by atoms with E-state index in [2.05, 4.69) is 11.9 Å². The molecule has 0 aromatic heterocycles. The van der Waals surface area contributed by atoms with Gasteiger partial charge in [0, 0.05) is 12.6 Å². The van der Waals surface area contributed by atoms with Gasteiger partial charge in [0.15, 0.2) is 0 Å². The fraction of sp³-hybridized carbons (Fsp3) is 0.571. The number of nitrogens with zero attached hydrogens (tertiary/aromatic N) is 1. The Balaban J connectivity index is 1.93. The van der Waals surface area contributed by atoms with Gasteiger partial charge in [0.1, 0.15) is 5.82 Å². The van der Waals surface area contributed by atoms with E-state index in [0.29, 0.717) is 6.04 Å². The molecule has 0 radical (unpaired) electrons. The summed E-state index contributed by atoms with van der Waals surface area (Å²) >= 11 is 0. The Labute approximate surface area is 97.3 Å². The summed E-state index contributed by atoms with van der Waals surface area (Å²) in [5.41, 5.74) is 1.08. The lowest BCUT2D eigenvalue weighted by Crippen LogP contribution is -2.32. The Morgan fingerprint density at radius 1 is 1.25 bits per heavy atom. The first-order valence-electron chi connectivity index (χ1n) is 6.20. The molecule has 0 spiro atoms. The first-order chi connectivity index (χ1) is 7.75. The minimum atomic E-state index is -0.130. The summed E-state index contributed by atoms with van der Waals surface area (Å²) < 4.78 is 13.0. The predicted molar refractivity (Wildman–Crippen MR) is 64.7 cm³/mol. The maximum Gasteiger partial charge on any atom is 0.123 e. The van der Waals surface area contributed by atoms with Crippen LogP contribution in [0.4, 0.5) is 4.39 Å². The van der Waals surface area contributed by atoms with Gasteiger partial charge < -0.3 is 0 Å². The quantitative estimate of drug-likeness (QED) is 0.754. The Morgan fingerprint density at radius 3 is 2.69 bits per heavy atom. The summed E-state index contributed by atoms with van der Waals surface area (Å²) in [5.74, 6) is -0.130. The van der Waals surface area contributed by atoms with Crippen LogP contribution in [0.1, 0.15) is 37.7 Å². The predicted octanol–water partition coefficient (Wildman–Crippen LogP) is 3.59. The summed E-state index contributed by atoms with van der Waals surface area (Å²) in [7, 11) is 2.15. The van der Waals surface area contributed by atoms with Crippen molar-refractivity contribution in [1.82, 2.24) is 4.90 Å². The van der Waals surface area contributed by atoms with E-state index in [1.165, 1.54) is 38.2 Å². The van der Waals surface area contributed by atoms with Gasteiger partial charge in [-0.1, -0.05) is 31.4 Å². The van der Waals surface area contributed by atoms with Crippen LogP contribution in [0.25, 0.3) is 0 Å². The third-order valence-electron chi connectivity index (χ3n) is 3.52. The van der Waals surface area contributed by atoms with E-state index in [9.17, 15) is 4.39 Å². The van der Waals surface area contributed by atoms with Crippen molar-refractivity contribution in [1.29, 1.82) is 0 Å². The molecule has 0 unspecified atom stereocenters. The lowest BCUT2D eigenvalue weighted by Gasteiger charge is -2.31. The summed E-state index contributed by atoms with van der Waals surface area (Å²) in [6, 6.07) is 7.63. The number of benzene rings is 1. The van der Waals surface area contributed by atoms with Crippen LogP contribution >= 0.6 is 0 Å². The van der Waals surface area contributed by atoms with Crippen molar-refractivity contribution in [3.8, 4) is 0 Å². The molecule has 1 aromatic rings. The summed E-state index contributed by atoms with van der Waals surface area (Å²) in [4.78, 5) is 2.37. The van der Waals surface area contributed by atoms with Gasteiger partial charge in [-0.3, -0.25) is 4.90 Å². The molecule has 0 heterocycles. The van der Waals surface area contributed by atoms with Crippen molar-refractivity contribution in [3.63, 3.8) is 0 Å². The molecule has 1 aromatic carbocycles. The molecular formula is C14H20FN. The number of hydrogen-bond acceptors (Lipinski definition) is 1. The molecule has 2 rings (SSSR count). The second-order valence-corrected chi connectivity index (χ2v) is 4.84. The summed E-state index contributed by atoms with van der Waals surface area (Å²) in [6.07, 6.45) is 6.66. The molecule has 0 atom stereocenters. The van der Waals surface area contributed by atoms with Crippen LogP contribution in [-0.4, -0.2) is 18.0 Å². The lowest BCUT2D eigenvalue weighted by atomic mass is 9.94. The van der Waals surface area contributed by atoms with Gasteiger partial charge in [-0.05, 0) is 37.6 Å². The van der Waals surface area contributed by atoms with Gasteiger partial charge in [0.2, 0.25) is 0 Å². The van der Waals surface area contributed by atoms with Crippen molar-refractivity contribution >= 4 is 0 Å². The van der Waals surface area contributed by atoms with Gasteiger partial charge in [0.25, 0.3) is 0 Å². The van der Waals surface area contributed by atoms with E-state index in [1.54, 1.807) is 12.1 Å². The zero-order chi connectivity index (χ0) is 11.4. The third-order valence-corrected chi connectivity index (χ3v) is 3.52. The van der Waals surface area contributed by atoms with E-state index in [1.807, 2.05) is 6.07 Å². The molecule has 2 heteroatoms. The van der Waals surface area contributed by atoms with Gasteiger partial charge >= 0.3 is 0 Å². The van der Waals surface area contributed by atoms with Crippen LogP contribution in [0.2, 0.25) is 0 Å². The fourth-order valence-electron chi connectivity index (χ4n) is 2.57. The molecule has 0 aliphatic heterocycles. The van der Waals surface area contributed by atoms with E-state index in [-0.39, 0.29) is 5.82 Å². The van der Waals surface area contributed by atoms with Crippen LogP contribution < -0.4 is 0 Å². The second kappa shape index (κ2) is 5.44. The van der Waals surface area contributed by atoms with Gasteiger partial charge in [-0.2, -0.15) is 0 Å². The molecule has 0 bridgehead atoms. The van der Waals surface area contributed by atoms with Crippen molar-refractivity contribution in [2.75, 3.05) is 7.05 Å². The molecular weight excluding hydrogens is 201 g/mol. The van der Waals surface area contributed by atoms with E-state index in [0.717, 1.165) is 12.1 Å². The minimum Gasteiger partial charge on any atom is -0.299 e. The standard InChI is InChI=1S/C14H20FN/c1-16(14-8-3-2-4-9-14)11-12-6-5-7-13(15)10-12/h5-7,10,14H,2-4,8-9,11H2,1H3. The maximum atomic E-state index is 13.0. The van der Waals surface area contributed by atoms with Crippen LogP contribution in [-0.2, 0) is 6.54 Å². The molecule has 1 aliphatic carbocycles. The van der Waals surface area contributed by atoms with Crippen molar-refractivity contribution in [2.24, 2.45) is 0 Å². The number of halogens is 1. The van der Waals surface area contributed by atoms with Crippen LogP contribution in [0, 0.1) is 5.82 Å². The lowest BCUT2D eigenvalue weighted by molar-refractivity contribution is 0.184. The third kappa shape index (κ3) is 3.05. The zero-order valence-electron chi connectivity index (χ0n) is 9.95. The fourth-order valence-corrected chi connectivity index (χ4v) is 2.57. The van der Waals surface area contributed by atoms with Crippen molar-refractivity contribution < 1.29 is 4.39 Å². The topological polar surface area (TPSA) is 3.24 Å². The molecule has 0 N–H and O–H groups in total. The monoisotopic (exact) mass is 221 g/mol. The average molecular weight is 221 g/mol. The SMILES string of the molecule is CN(Cc1cccc(F)c1)C1CCCCC1. The van der Waals surface area contributed by atoms with Gasteiger partial charge in [-0.25, -0.2) is 4.39 Å². The van der Waals surface area contributed by atoms with E-state index >= 15 is 0 Å². The van der Waals surface area contributed by atoms with Gasteiger partial charge in [-0.15, -0.1) is 0 Å². The van der Waals surface area contributed by atoms with Crippen molar-refractivity contribution in [2.45, 2.75) is 44.7 Å². The smallest absolute Gasteiger partial charge is 0.123 e. The first kappa shape index (κ1) is 11.6. The normalized spacial score (nSPS) is 17.9. The highest BCUT2D eigenvalue weighted by Crippen LogP contribution is 2.22. The molecule has 1 saturated carbocycles. The largest absolute Gasteiger partial charge is 0.299 e. The minimum absolute atomic E-state index is 0.130. The average Bonchev–Trinajstić information content (AvgIpc) is 2.30. The highest BCUT2D eigenvalue weighted by Gasteiger charge is 2.17. The van der Waals surface area contributed by atoms with E-state index in [4.69, 9.17) is 0 Å². The van der Waals surface area contributed by atoms with Crippen LogP contribution in [0.15, 0.2) is 24.3 Å². The summed E-state index contributed by atoms with van der Waals surface area (Å²) in [6.45, 7) is 0.864. The molecule has 1 fully saturated rings. The van der Waals surface area contributed by atoms with E-state index < -0.39 is 0 Å². The molecule has 0 saturated heterocycles. The number of hydrogen-bond donors (Lipinski definition) is 0. The zero-order valence-corrected chi connectivity index (χ0v) is 9.95. The Bertz CT molecular complexity index is 331. The summed E-state index contributed by atoms with van der Waals surface area (Å²) in [5, 5.41) is 0.